The van der Waals surface area contributed by atoms with Crippen LogP contribution in [0, 0.1) is 5.82 Å². The normalized spacial score (nSPS) is 15.9. The number of methoxy groups -OCH3 is 1. The minimum atomic E-state index is -3.78. The lowest BCUT2D eigenvalue weighted by Crippen LogP contribution is -2.50. The van der Waals surface area contributed by atoms with E-state index >= 15 is 0 Å². The summed E-state index contributed by atoms with van der Waals surface area (Å²) in [5, 5.41) is 12.0. The number of rotatable bonds is 6. The van der Waals surface area contributed by atoms with Gasteiger partial charge in [-0.1, -0.05) is 0 Å². The van der Waals surface area contributed by atoms with Gasteiger partial charge in [0.25, 0.3) is 0 Å². The van der Waals surface area contributed by atoms with Crippen LogP contribution in [0.2, 0.25) is 0 Å². The van der Waals surface area contributed by atoms with Gasteiger partial charge in [0.15, 0.2) is 15.7 Å². The number of ether oxygens (including phenoxy) is 2. The molecule has 0 spiro atoms. The van der Waals surface area contributed by atoms with Gasteiger partial charge in [0, 0.05) is 24.4 Å². The van der Waals surface area contributed by atoms with E-state index in [0.29, 0.717) is 31.8 Å². The Balaban J connectivity index is 1.77. The zero-order valence-electron chi connectivity index (χ0n) is 16.3. The SMILES string of the molecule is COc1ccc(-[n+]2nc(NC(=O)C(C)(C)S(=O)(=O)C3CCOCC3)n[nH]2)c(F)c1. The van der Waals surface area contributed by atoms with Gasteiger partial charge in [0.1, 0.15) is 10.5 Å². The summed E-state index contributed by atoms with van der Waals surface area (Å²) < 4.78 is 48.5. The van der Waals surface area contributed by atoms with Gasteiger partial charge >= 0.3 is 5.95 Å². The lowest BCUT2D eigenvalue weighted by atomic mass is 10.2. The van der Waals surface area contributed by atoms with Crippen LogP contribution in [0.4, 0.5) is 10.3 Å². The molecule has 2 aromatic rings. The number of benzene rings is 1. The maximum Gasteiger partial charge on any atom is 0.408 e. The second-order valence-corrected chi connectivity index (χ2v) is 9.86. The molecule has 1 aromatic carbocycles. The molecular weight excluding hydrogens is 405 g/mol. The van der Waals surface area contributed by atoms with Gasteiger partial charge < -0.3 is 9.47 Å². The summed E-state index contributed by atoms with van der Waals surface area (Å²) >= 11 is 0. The smallest absolute Gasteiger partial charge is 0.408 e. The van der Waals surface area contributed by atoms with E-state index in [4.69, 9.17) is 9.47 Å². The van der Waals surface area contributed by atoms with Crippen LogP contribution >= 0.6 is 0 Å². The number of anilines is 1. The van der Waals surface area contributed by atoms with E-state index in [2.05, 4.69) is 20.7 Å². The summed E-state index contributed by atoms with van der Waals surface area (Å²) in [6.45, 7) is 3.37. The van der Waals surface area contributed by atoms with Crippen molar-refractivity contribution < 1.29 is 31.9 Å². The van der Waals surface area contributed by atoms with E-state index in [9.17, 15) is 17.6 Å². The number of aromatic amines is 1. The van der Waals surface area contributed by atoms with Crippen LogP contribution in [-0.2, 0) is 19.4 Å². The lowest BCUT2D eigenvalue weighted by molar-refractivity contribution is -0.717. The Kier molecular flexibility index (Phi) is 5.85. The van der Waals surface area contributed by atoms with Crippen molar-refractivity contribution in [1.29, 1.82) is 0 Å². The number of tetrazole rings is 1. The molecule has 0 aliphatic carbocycles. The zero-order chi connectivity index (χ0) is 21.2. The van der Waals surface area contributed by atoms with Gasteiger partial charge in [0.05, 0.1) is 17.5 Å². The molecule has 1 fully saturated rings. The van der Waals surface area contributed by atoms with Crippen molar-refractivity contribution in [3.05, 3.63) is 24.0 Å². The van der Waals surface area contributed by atoms with Crippen LogP contribution in [-0.4, -0.2) is 60.1 Å². The first-order valence-electron chi connectivity index (χ1n) is 8.98. The van der Waals surface area contributed by atoms with E-state index in [1.165, 1.54) is 39.2 Å². The molecule has 10 nitrogen and oxygen atoms in total. The summed E-state index contributed by atoms with van der Waals surface area (Å²) in [6, 6.07) is 4.13. The third-order valence-electron chi connectivity index (χ3n) is 4.92. The van der Waals surface area contributed by atoms with Crippen molar-refractivity contribution in [3.8, 4) is 11.4 Å². The highest BCUT2D eigenvalue weighted by Gasteiger charge is 2.47. The monoisotopic (exact) mass is 428 g/mol. The number of halogens is 1. The van der Waals surface area contributed by atoms with E-state index in [1.807, 2.05) is 0 Å². The third kappa shape index (κ3) is 4.08. The fraction of sp³-hybridized carbons (Fsp3) is 0.529. The minimum absolute atomic E-state index is 0.0490. The second kappa shape index (κ2) is 8.03. The molecule has 1 amide bonds. The molecule has 0 radical (unpaired) electrons. The van der Waals surface area contributed by atoms with Crippen molar-refractivity contribution in [3.63, 3.8) is 0 Å². The summed E-state index contributed by atoms with van der Waals surface area (Å²) in [6.07, 6.45) is 0.687. The Bertz CT molecular complexity index is 1000. The average molecular weight is 428 g/mol. The van der Waals surface area contributed by atoms with Crippen LogP contribution in [0.15, 0.2) is 18.2 Å². The molecule has 1 saturated heterocycles. The van der Waals surface area contributed by atoms with Crippen molar-refractivity contribution >= 4 is 21.7 Å². The van der Waals surface area contributed by atoms with Crippen LogP contribution in [0.1, 0.15) is 26.7 Å². The third-order valence-corrected chi connectivity index (χ3v) is 7.88. The second-order valence-electron chi connectivity index (χ2n) is 7.09. The molecule has 2 heterocycles. The lowest BCUT2D eigenvalue weighted by Gasteiger charge is -2.30. The summed E-state index contributed by atoms with van der Waals surface area (Å²) in [5.74, 6) is -1.24. The van der Waals surface area contributed by atoms with Crippen molar-refractivity contribution in [1.82, 2.24) is 15.4 Å². The Labute approximate surface area is 167 Å². The van der Waals surface area contributed by atoms with Crippen molar-refractivity contribution in [2.45, 2.75) is 36.7 Å². The number of hydrogen-bond donors (Lipinski definition) is 2. The molecule has 0 atom stereocenters. The first-order chi connectivity index (χ1) is 13.7. The highest BCUT2D eigenvalue weighted by atomic mass is 32.2. The van der Waals surface area contributed by atoms with Crippen molar-refractivity contribution in [2.75, 3.05) is 25.6 Å². The Hall–Kier alpha value is -2.60. The van der Waals surface area contributed by atoms with Gasteiger partial charge in [-0.15, -0.1) is 0 Å². The molecule has 0 saturated carbocycles. The molecular formula is C17H23FN5O5S+. The number of nitrogens with zero attached hydrogens (tertiary/aromatic N) is 3. The van der Waals surface area contributed by atoms with Gasteiger partial charge in [-0.25, -0.2) is 12.8 Å². The molecule has 12 heteroatoms. The number of carbonyl (C=O) groups excluding carboxylic acids is 1. The fourth-order valence-electron chi connectivity index (χ4n) is 2.97. The number of amides is 1. The molecule has 158 valence electrons. The Morgan fingerprint density at radius 3 is 2.69 bits per heavy atom. The van der Waals surface area contributed by atoms with Crippen LogP contribution in [0.3, 0.4) is 0 Å². The van der Waals surface area contributed by atoms with Crippen LogP contribution in [0.25, 0.3) is 5.69 Å². The van der Waals surface area contributed by atoms with Crippen LogP contribution in [0.5, 0.6) is 5.75 Å². The van der Waals surface area contributed by atoms with E-state index in [0.717, 1.165) is 4.80 Å². The molecule has 3 rings (SSSR count). The minimum Gasteiger partial charge on any atom is -0.497 e. The number of aromatic nitrogens is 4. The first kappa shape index (κ1) is 21.1. The van der Waals surface area contributed by atoms with Crippen LogP contribution < -0.4 is 14.9 Å². The van der Waals surface area contributed by atoms with E-state index in [1.54, 1.807) is 0 Å². The number of nitrogens with one attached hydrogen (secondary N) is 2. The highest BCUT2D eigenvalue weighted by molar-refractivity contribution is 7.94. The molecule has 0 bridgehead atoms. The molecule has 29 heavy (non-hydrogen) atoms. The number of sulfone groups is 1. The fourth-order valence-corrected chi connectivity index (χ4v) is 4.92. The molecule has 1 aliphatic heterocycles. The van der Waals surface area contributed by atoms with Crippen molar-refractivity contribution in [2.24, 2.45) is 0 Å². The standard InChI is InChI=1S/C17H22FN5O5S/c1-17(2,29(25,26)12-6-8-28-9-7-12)15(24)19-16-20-22-23(21-16)14-5-4-11(27-3)10-13(14)18/h4-5,10,12H,6-9H2,1-3H3,(H,19,21,24)/p+1. The van der Waals surface area contributed by atoms with Gasteiger partial charge in [-0.2, -0.15) is 0 Å². The van der Waals surface area contributed by atoms with E-state index < -0.39 is 31.6 Å². The molecule has 1 aromatic heterocycles. The maximum absolute atomic E-state index is 14.2. The number of hydrogen-bond acceptors (Lipinski definition) is 7. The molecule has 0 unspecified atom stereocenters. The van der Waals surface area contributed by atoms with Gasteiger partial charge in [0.2, 0.25) is 11.6 Å². The number of carbonyl (C=O) groups is 1. The predicted molar refractivity (Wildman–Crippen MR) is 99.9 cm³/mol. The Morgan fingerprint density at radius 1 is 1.38 bits per heavy atom. The first-order valence-corrected chi connectivity index (χ1v) is 10.5. The largest absolute Gasteiger partial charge is 0.497 e. The highest BCUT2D eigenvalue weighted by Crippen LogP contribution is 2.28. The summed E-state index contributed by atoms with van der Waals surface area (Å²) in [7, 11) is -2.36. The van der Waals surface area contributed by atoms with E-state index in [-0.39, 0.29) is 11.6 Å². The van der Waals surface area contributed by atoms with Gasteiger partial charge in [-0.05, 0) is 48.8 Å². The van der Waals surface area contributed by atoms with Gasteiger partial charge in [-0.3, -0.25) is 10.1 Å². The summed E-state index contributed by atoms with van der Waals surface area (Å²) in [5.41, 5.74) is 0.0490. The predicted octanol–water partition coefficient (Wildman–Crippen LogP) is 0.540. The topological polar surface area (TPSA) is 127 Å². The molecule has 2 N–H and O–H groups in total. The average Bonchev–Trinajstić information content (AvgIpc) is 3.16. The number of H-pyrrole nitrogens is 1. The quantitative estimate of drug-likeness (QED) is 0.643. The summed E-state index contributed by atoms with van der Waals surface area (Å²) in [4.78, 5) is 13.7. The Morgan fingerprint density at radius 2 is 2.07 bits per heavy atom. The molecule has 1 aliphatic rings. The zero-order valence-corrected chi connectivity index (χ0v) is 17.1. The maximum atomic E-state index is 14.2.